The van der Waals surface area contributed by atoms with Crippen molar-refractivity contribution in [1.29, 1.82) is 0 Å². The van der Waals surface area contributed by atoms with E-state index >= 15 is 0 Å². The number of nitrogens with zero attached hydrogens (tertiary/aromatic N) is 4. The molecule has 1 aromatic carbocycles. The van der Waals surface area contributed by atoms with E-state index in [1.165, 1.54) is 11.8 Å². The zero-order valence-electron chi connectivity index (χ0n) is 15.4. The van der Waals surface area contributed by atoms with Crippen LogP contribution in [0.1, 0.15) is 16.8 Å². The third kappa shape index (κ3) is 3.52. The van der Waals surface area contributed by atoms with E-state index < -0.39 is 11.2 Å². The third-order valence-electron chi connectivity index (χ3n) is 4.46. The second kappa shape index (κ2) is 7.07. The van der Waals surface area contributed by atoms with Crippen LogP contribution in [-0.4, -0.2) is 29.9 Å². The van der Waals surface area contributed by atoms with Crippen LogP contribution in [0.25, 0.3) is 22.5 Å². The lowest BCUT2D eigenvalue weighted by Gasteiger charge is -2.05. The summed E-state index contributed by atoms with van der Waals surface area (Å²) in [6, 6.07) is 12.0. The number of benzene rings is 1. The van der Waals surface area contributed by atoms with Crippen molar-refractivity contribution in [1.82, 2.24) is 29.9 Å². The van der Waals surface area contributed by atoms with Crippen LogP contribution in [0.15, 0.2) is 58.4 Å². The molecule has 2 N–H and O–H groups in total. The van der Waals surface area contributed by atoms with Crippen molar-refractivity contribution in [2.24, 2.45) is 0 Å². The minimum absolute atomic E-state index is 0.243. The third-order valence-corrected chi connectivity index (χ3v) is 4.46. The second-order valence-electron chi connectivity index (χ2n) is 6.60. The van der Waals surface area contributed by atoms with E-state index in [0.717, 1.165) is 16.8 Å². The minimum atomic E-state index is -0.566. The van der Waals surface area contributed by atoms with Crippen LogP contribution in [0, 0.1) is 13.8 Å². The summed E-state index contributed by atoms with van der Waals surface area (Å²) in [5.41, 5.74) is 4.11. The van der Waals surface area contributed by atoms with Gasteiger partial charge in [-0.15, -0.1) is 5.10 Å². The summed E-state index contributed by atoms with van der Waals surface area (Å²) in [7, 11) is 0. The Kier molecular flexibility index (Phi) is 4.44. The summed E-state index contributed by atoms with van der Waals surface area (Å²) in [5.74, 6) is 0. The van der Waals surface area contributed by atoms with Crippen LogP contribution in [0.4, 0.5) is 0 Å². The lowest BCUT2D eigenvalue weighted by molar-refractivity contribution is 0.689. The Morgan fingerprint density at radius 3 is 2.50 bits per heavy atom. The highest BCUT2D eigenvalue weighted by Crippen LogP contribution is 2.23. The monoisotopic (exact) mass is 374 g/mol. The van der Waals surface area contributed by atoms with Gasteiger partial charge in [-0.3, -0.25) is 14.5 Å². The largest absolute Gasteiger partial charge is 0.325 e. The normalized spacial score (nSPS) is 10.9. The fraction of sp³-hybridized carbons (Fsp3) is 0.150. The number of rotatable bonds is 4. The minimum Gasteiger partial charge on any atom is -0.313 e. The van der Waals surface area contributed by atoms with Gasteiger partial charge in [-0.1, -0.05) is 29.8 Å². The molecule has 0 bridgehead atoms. The van der Waals surface area contributed by atoms with E-state index in [9.17, 15) is 9.59 Å². The number of aromatic nitrogens is 6. The molecule has 4 aromatic rings. The number of hydrogen-bond acceptors (Lipinski definition) is 5. The Morgan fingerprint density at radius 2 is 1.75 bits per heavy atom. The van der Waals surface area contributed by atoms with Crippen molar-refractivity contribution in [3.63, 3.8) is 0 Å². The lowest BCUT2D eigenvalue weighted by atomic mass is 10.1. The van der Waals surface area contributed by atoms with Crippen LogP contribution in [0.3, 0.4) is 0 Å². The number of nitrogens with one attached hydrogen (secondary N) is 2. The molecule has 0 aliphatic rings. The van der Waals surface area contributed by atoms with Gasteiger partial charge in [-0.25, -0.2) is 4.79 Å². The van der Waals surface area contributed by atoms with Gasteiger partial charge in [0.2, 0.25) is 0 Å². The van der Waals surface area contributed by atoms with Crippen molar-refractivity contribution >= 4 is 0 Å². The van der Waals surface area contributed by atoms with E-state index in [0.29, 0.717) is 17.9 Å². The summed E-state index contributed by atoms with van der Waals surface area (Å²) in [6.07, 6.45) is 3.24. The van der Waals surface area contributed by atoms with Gasteiger partial charge in [0.1, 0.15) is 5.69 Å². The highest BCUT2D eigenvalue weighted by Gasteiger charge is 2.13. The molecule has 0 spiro atoms. The van der Waals surface area contributed by atoms with Crippen molar-refractivity contribution in [2.75, 3.05) is 0 Å². The molecule has 140 valence electrons. The molecule has 28 heavy (non-hydrogen) atoms. The molecule has 0 radical (unpaired) electrons. The van der Waals surface area contributed by atoms with Gasteiger partial charge >= 0.3 is 5.69 Å². The molecule has 0 saturated heterocycles. The van der Waals surface area contributed by atoms with E-state index in [1.54, 1.807) is 6.07 Å². The number of aromatic amines is 2. The van der Waals surface area contributed by atoms with Crippen LogP contribution < -0.4 is 11.2 Å². The van der Waals surface area contributed by atoms with Crippen molar-refractivity contribution in [3.05, 3.63) is 86.5 Å². The lowest BCUT2D eigenvalue weighted by Crippen LogP contribution is -2.22. The van der Waals surface area contributed by atoms with Crippen LogP contribution in [0.5, 0.6) is 0 Å². The molecule has 4 rings (SSSR count). The predicted octanol–water partition coefficient (Wildman–Crippen LogP) is 2.05. The number of aryl methyl sites for hydroxylation is 2. The van der Waals surface area contributed by atoms with Gasteiger partial charge in [0.05, 0.1) is 23.5 Å². The molecular weight excluding hydrogens is 356 g/mol. The summed E-state index contributed by atoms with van der Waals surface area (Å²) in [4.78, 5) is 27.9. The SMILES string of the molecule is Cc1ccc(Cn2ccc(-c3cc(-c4c[nH]c(=O)[nH]c4=O)nnc3C)n2)cc1. The van der Waals surface area contributed by atoms with Crippen molar-refractivity contribution in [2.45, 2.75) is 20.4 Å². The molecule has 0 aliphatic carbocycles. The number of hydrogen-bond donors (Lipinski definition) is 2. The Bertz CT molecular complexity index is 1250. The molecule has 0 aliphatic heterocycles. The first-order valence-corrected chi connectivity index (χ1v) is 8.76. The fourth-order valence-corrected chi connectivity index (χ4v) is 2.92. The summed E-state index contributed by atoms with van der Waals surface area (Å²) < 4.78 is 1.85. The summed E-state index contributed by atoms with van der Waals surface area (Å²) in [6.45, 7) is 4.55. The van der Waals surface area contributed by atoms with E-state index in [4.69, 9.17) is 0 Å². The average Bonchev–Trinajstić information content (AvgIpc) is 3.13. The Hall–Kier alpha value is -3.81. The maximum absolute atomic E-state index is 12.0. The van der Waals surface area contributed by atoms with Crippen LogP contribution in [0.2, 0.25) is 0 Å². The highest BCUT2D eigenvalue weighted by atomic mass is 16.2. The maximum Gasteiger partial charge on any atom is 0.325 e. The topological polar surface area (TPSA) is 109 Å². The van der Waals surface area contributed by atoms with Crippen LogP contribution >= 0.6 is 0 Å². The molecule has 0 fully saturated rings. The zero-order valence-corrected chi connectivity index (χ0v) is 15.4. The van der Waals surface area contributed by atoms with Crippen LogP contribution in [-0.2, 0) is 6.54 Å². The van der Waals surface area contributed by atoms with Crippen molar-refractivity contribution in [3.8, 4) is 22.5 Å². The maximum atomic E-state index is 12.0. The average molecular weight is 374 g/mol. The molecule has 0 saturated carbocycles. The molecule has 0 unspecified atom stereocenters. The number of H-pyrrole nitrogens is 2. The first-order chi connectivity index (χ1) is 13.5. The molecule has 8 nitrogen and oxygen atoms in total. The summed E-state index contributed by atoms with van der Waals surface area (Å²) >= 11 is 0. The molecule has 3 heterocycles. The molecule has 0 amide bonds. The first-order valence-electron chi connectivity index (χ1n) is 8.76. The van der Waals surface area contributed by atoms with E-state index in [-0.39, 0.29) is 5.56 Å². The quantitative estimate of drug-likeness (QED) is 0.568. The Morgan fingerprint density at radius 1 is 0.964 bits per heavy atom. The van der Waals surface area contributed by atoms with Gasteiger partial charge in [-0.05, 0) is 31.5 Å². The van der Waals surface area contributed by atoms with Gasteiger partial charge in [-0.2, -0.15) is 10.2 Å². The Labute approximate surface area is 159 Å². The molecular formula is C20H18N6O2. The highest BCUT2D eigenvalue weighted by molar-refractivity contribution is 5.68. The van der Waals surface area contributed by atoms with Gasteiger partial charge in [0, 0.05) is 18.0 Å². The smallest absolute Gasteiger partial charge is 0.313 e. The molecule has 3 aromatic heterocycles. The van der Waals surface area contributed by atoms with Crippen molar-refractivity contribution < 1.29 is 0 Å². The van der Waals surface area contributed by atoms with Gasteiger partial charge < -0.3 is 4.98 Å². The summed E-state index contributed by atoms with van der Waals surface area (Å²) in [5, 5.41) is 12.9. The Balaban J connectivity index is 1.68. The van der Waals surface area contributed by atoms with Gasteiger partial charge in [0.15, 0.2) is 0 Å². The molecule has 8 heteroatoms. The van der Waals surface area contributed by atoms with E-state index in [2.05, 4.69) is 56.5 Å². The zero-order chi connectivity index (χ0) is 19.7. The molecule has 0 atom stereocenters. The first kappa shape index (κ1) is 17.6. The predicted molar refractivity (Wildman–Crippen MR) is 105 cm³/mol. The van der Waals surface area contributed by atoms with E-state index in [1.807, 2.05) is 23.9 Å². The second-order valence-corrected chi connectivity index (χ2v) is 6.60. The fourth-order valence-electron chi connectivity index (χ4n) is 2.92. The standard InChI is InChI=1S/C20H18N6O2/c1-12-3-5-14(6-4-12)11-26-8-7-17(25-26)15-9-18(24-23-13(15)2)16-10-21-20(28)22-19(16)27/h3-10H,11H2,1-2H3,(H2,21,22,27,28). The van der Waals surface area contributed by atoms with Gasteiger partial charge in [0.25, 0.3) is 5.56 Å².